The minimum absolute atomic E-state index is 0.103. The van der Waals surface area contributed by atoms with E-state index in [-0.39, 0.29) is 12.1 Å². The van der Waals surface area contributed by atoms with Crippen molar-refractivity contribution >= 4 is 10.9 Å². The first-order chi connectivity index (χ1) is 9.24. The SMILES string of the molecule is C[C@@H](CN)n1ncc2ccc3c(c21)O[C@@H](CN)CO3. The molecule has 0 spiro atoms. The Morgan fingerprint density at radius 2 is 2.32 bits per heavy atom. The van der Waals surface area contributed by atoms with E-state index in [4.69, 9.17) is 20.9 Å². The minimum Gasteiger partial charge on any atom is -0.486 e. The molecule has 1 aromatic heterocycles. The van der Waals surface area contributed by atoms with E-state index in [1.165, 1.54) is 0 Å². The third-order valence-electron chi connectivity index (χ3n) is 3.41. The van der Waals surface area contributed by atoms with E-state index in [0.29, 0.717) is 19.7 Å². The van der Waals surface area contributed by atoms with E-state index in [9.17, 15) is 0 Å². The Morgan fingerprint density at radius 3 is 3.05 bits per heavy atom. The summed E-state index contributed by atoms with van der Waals surface area (Å²) in [7, 11) is 0. The normalized spacial score (nSPS) is 19.6. The van der Waals surface area contributed by atoms with Crippen LogP contribution in [0.3, 0.4) is 0 Å². The van der Waals surface area contributed by atoms with Gasteiger partial charge in [0.05, 0.1) is 12.2 Å². The number of rotatable bonds is 3. The summed E-state index contributed by atoms with van der Waals surface area (Å²) in [6.07, 6.45) is 1.70. The van der Waals surface area contributed by atoms with Crippen molar-refractivity contribution < 1.29 is 9.47 Å². The van der Waals surface area contributed by atoms with E-state index >= 15 is 0 Å². The Bertz CT molecular complexity index is 596. The van der Waals surface area contributed by atoms with Gasteiger partial charge >= 0.3 is 0 Å². The molecule has 0 saturated carbocycles. The van der Waals surface area contributed by atoms with Gasteiger partial charge in [0.2, 0.25) is 0 Å². The average molecular weight is 262 g/mol. The van der Waals surface area contributed by atoms with Gasteiger partial charge in [0.1, 0.15) is 18.2 Å². The summed E-state index contributed by atoms with van der Waals surface area (Å²) in [5, 5.41) is 5.41. The third kappa shape index (κ3) is 1.93. The maximum Gasteiger partial charge on any atom is 0.187 e. The third-order valence-corrected chi connectivity index (χ3v) is 3.41. The molecule has 0 aliphatic carbocycles. The first kappa shape index (κ1) is 12.3. The maximum absolute atomic E-state index is 5.94. The van der Waals surface area contributed by atoms with Crippen LogP contribution >= 0.6 is 0 Å². The molecule has 0 fully saturated rings. The number of hydrogen-bond donors (Lipinski definition) is 2. The summed E-state index contributed by atoms with van der Waals surface area (Å²) in [4.78, 5) is 0. The average Bonchev–Trinajstić information content (AvgIpc) is 2.90. The molecule has 6 heteroatoms. The van der Waals surface area contributed by atoms with Crippen molar-refractivity contribution in [1.29, 1.82) is 0 Å². The predicted octanol–water partition coefficient (Wildman–Crippen LogP) is 0.654. The molecular formula is C13H18N4O2. The number of aromatic nitrogens is 2. The number of hydrogen-bond acceptors (Lipinski definition) is 5. The zero-order valence-corrected chi connectivity index (χ0v) is 10.9. The topological polar surface area (TPSA) is 88.3 Å². The number of nitrogens with two attached hydrogens (primary N) is 2. The van der Waals surface area contributed by atoms with Crippen molar-refractivity contribution in [2.24, 2.45) is 11.5 Å². The van der Waals surface area contributed by atoms with Gasteiger partial charge in [-0.2, -0.15) is 5.10 Å². The molecule has 4 N–H and O–H groups in total. The van der Waals surface area contributed by atoms with E-state index in [2.05, 4.69) is 5.10 Å². The summed E-state index contributed by atoms with van der Waals surface area (Å²) < 4.78 is 13.5. The minimum atomic E-state index is -0.116. The van der Waals surface area contributed by atoms with Gasteiger partial charge < -0.3 is 20.9 Å². The molecule has 19 heavy (non-hydrogen) atoms. The van der Waals surface area contributed by atoms with Crippen molar-refractivity contribution in [3.8, 4) is 11.5 Å². The highest BCUT2D eigenvalue weighted by Gasteiger charge is 2.25. The molecule has 0 bridgehead atoms. The molecule has 0 radical (unpaired) electrons. The van der Waals surface area contributed by atoms with Crippen LogP contribution < -0.4 is 20.9 Å². The van der Waals surface area contributed by atoms with Crippen LogP contribution in [0.4, 0.5) is 0 Å². The van der Waals surface area contributed by atoms with Gasteiger partial charge in [-0.05, 0) is 19.1 Å². The van der Waals surface area contributed by atoms with Gasteiger partial charge in [0.25, 0.3) is 0 Å². The molecule has 0 unspecified atom stereocenters. The second-order valence-corrected chi connectivity index (χ2v) is 4.79. The van der Waals surface area contributed by atoms with Crippen LogP contribution in [0.15, 0.2) is 18.3 Å². The highest BCUT2D eigenvalue weighted by atomic mass is 16.6. The van der Waals surface area contributed by atoms with Crippen molar-refractivity contribution in [3.05, 3.63) is 18.3 Å². The largest absolute Gasteiger partial charge is 0.486 e. The highest BCUT2D eigenvalue weighted by Crippen LogP contribution is 2.39. The Kier molecular flexibility index (Phi) is 3.04. The smallest absolute Gasteiger partial charge is 0.187 e. The van der Waals surface area contributed by atoms with Crippen LogP contribution in [0.25, 0.3) is 10.9 Å². The van der Waals surface area contributed by atoms with E-state index in [1.807, 2.05) is 29.9 Å². The van der Waals surface area contributed by atoms with Gasteiger partial charge in [-0.25, -0.2) is 0 Å². The van der Waals surface area contributed by atoms with Crippen molar-refractivity contribution in [1.82, 2.24) is 9.78 Å². The summed E-state index contributed by atoms with van der Waals surface area (Å²) in [6, 6.07) is 3.99. The second-order valence-electron chi connectivity index (χ2n) is 4.79. The number of nitrogens with zero attached hydrogens (tertiary/aromatic N) is 2. The second kappa shape index (κ2) is 4.71. The summed E-state index contributed by atoms with van der Waals surface area (Å²) in [5.74, 6) is 1.46. The molecule has 2 heterocycles. The quantitative estimate of drug-likeness (QED) is 0.848. The first-order valence-corrected chi connectivity index (χ1v) is 6.44. The van der Waals surface area contributed by atoms with E-state index < -0.39 is 0 Å². The standard InChI is InChI=1S/C13H18N4O2/c1-8(4-14)17-12-9(6-16-17)2-3-11-13(12)19-10(5-15)7-18-11/h2-3,6,8,10H,4-5,7,14-15H2,1H3/t8-,10-/m0/s1. The fourth-order valence-corrected chi connectivity index (χ4v) is 2.25. The van der Waals surface area contributed by atoms with Gasteiger partial charge in [0, 0.05) is 18.5 Å². The maximum atomic E-state index is 5.94. The fraction of sp³-hybridized carbons (Fsp3) is 0.462. The molecule has 0 saturated heterocycles. The van der Waals surface area contributed by atoms with Crippen molar-refractivity contribution in [2.75, 3.05) is 19.7 Å². The van der Waals surface area contributed by atoms with Crippen LogP contribution in [0.5, 0.6) is 11.5 Å². The van der Waals surface area contributed by atoms with Crippen LogP contribution in [0.1, 0.15) is 13.0 Å². The van der Waals surface area contributed by atoms with Crippen molar-refractivity contribution in [2.45, 2.75) is 19.1 Å². The lowest BCUT2D eigenvalue weighted by atomic mass is 10.2. The molecule has 2 atom stereocenters. The van der Waals surface area contributed by atoms with Gasteiger partial charge in [-0.15, -0.1) is 0 Å². The van der Waals surface area contributed by atoms with E-state index in [1.54, 1.807) is 0 Å². The number of benzene rings is 1. The zero-order chi connectivity index (χ0) is 13.4. The number of fused-ring (bicyclic) bond motifs is 3. The molecule has 1 aliphatic heterocycles. The summed E-state index contributed by atoms with van der Waals surface area (Å²) in [6.45, 7) is 3.45. The Labute approximate surface area is 111 Å². The van der Waals surface area contributed by atoms with Crippen LogP contribution in [0, 0.1) is 0 Å². The van der Waals surface area contributed by atoms with Gasteiger partial charge in [0.15, 0.2) is 11.5 Å². The fourth-order valence-electron chi connectivity index (χ4n) is 2.25. The Morgan fingerprint density at radius 1 is 1.47 bits per heavy atom. The van der Waals surface area contributed by atoms with Crippen LogP contribution in [-0.2, 0) is 0 Å². The molecule has 1 aliphatic rings. The molecule has 102 valence electrons. The van der Waals surface area contributed by atoms with Crippen LogP contribution in [0.2, 0.25) is 0 Å². The summed E-state index contributed by atoms with van der Waals surface area (Å²) >= 11 is 0. The van der Waals surface area contributed by atoms with Gasteiger partial charge in [-0.1, -0.05) is 0 Å². The lowest BCUT2D eigenvalue weighted by Crippen LogP contribution is -2.36. The Balaban J connectivity index is 2.16. The lowest BCUT2D eigenvalue weighted by molar-refractivity contribution is 0.0983. The van der Waals surface area contributed by atoms with Gasteiger partial charge in [-0.3, -0.25) is 4.68 Å². The lowest BCUT2D eigenvalue weighted by Gasteiger charge is -2.26. The molecular weight excluding hydrogens is 244 g/mol. The first-order valence-electron chi connectivity index (χ1n) is 6.44. The molecule has 3 rings (SSSR count). The highest BCUT2D eigenvalue weighted by molar-refractivity contribution is 5.87. The molecule has 2 aromatic rings. The van der Waals surface area contributed by atoms with Crippen molar-refractivity contribution in [3.63, 3.8) is 0 Å². The molecule has 6 nitrogen and oxygen atoms in total. The molecule has 1 aromatic carbocycles. The molecule has 0 amide bonds. The van der Waals surface area contributed by atoms with E-state index in [0.717, 1.165) is 22.4 Å². The summed E-state index contributed by atoms with van der Waals surface area (Å²) in [5.41, 5.74) is 12.3. The van der Waals surface area contributed by atoms with Crippen LogP contribution in [-0.4, -0.2) is 35.6 Å². The monoisotopic (exact) mass is 262 g/mol. The Hall–Kier alpha value is -1.79. The predicted molar refractivity (Wildman–Crippen MR) is 72.5 cm³/mol. The zero-order valence-electron chi connectivity index (χ0n) is 10.9. The number of ether oxygens (including phenoxy) is 2.